The fourth-order valence-electron chi connectivity index (χ4n) is 2.01. The van der Waals surface area contributed by atoms with E-state index in [0.29, 0.717) is 13.2 Å². The van der Waals surface area contributed by atoms with Gasteiger partial charge in [-0.2, -0.15) is 0 Å². The molecule has 1 fully saturated rings. The first kappa shape index (κ1) is 16.2. The number of hydrogen-bond donors (Lipinski definition) is 0. The van der Waals surface area contributed by atoms with Crippen LogP contribution in [0.1, 0.15) is 23.2 Å². The average Bonchev–Trinajstić information content (AvgIpc) is 3.22. The fraction of sp³-hybridized carbons (Fsp3) is 0.462. The third-order valence-corrected chi connectivity index (χ3v) is 4.56. The van der Waals surface area contributed by atoms with Crippen molar-refractivity contribution in [3.05, 3.63) is 29.6 Å². The van der Waals surface area contributed by atoms with E-state index in [-0.39, 0.29) is 17.5 Å². The predicted octanol–water partition coefficient (Wildman–Crippen LogP) is 2.00. The Hall–Kier alpha value is -1.18. The highest BCUT2D eigenvalue weighted by molar-refractivity contribution is 8.13. The molecule has 0 aliphatic heterocycles. The van der Waals surface area contributed by atoms with Crippen LogP contribution in [-0.2, 0) is 13.8 Å². The Morgan fingerprint density at radius 3 is 2.67 bits per heavy atom. The molecular weight excluding hydrogens is 321 g/mol. The molecule has 8 heteroatoms. The van der Waals surface area contributed by atoms with Crippen LogP contribution in [0.4, 0.5) is 4.39 Å². The molecule has 0 heterocycles. The van der Waals surface area contributed by atoms with Crippen LogP contribution in [0.5, 0.6) is 0 Å². The summed E-state index contributed by atoms with van der Waals surface area (Å²) in [6, 6.07) is 3.30. The van der Waals surface area contributed by atoms with E-state index < -0.39 is 19.8 Å². The molecule has 1 amide bonds. The lowest BCUT2D eigenvalue weighted by atomic mass is 10.2. The number of ether oxygens (including phenoxy) is 1. The maximum atomic E-state index is 13.5. The van der Waals surface area contributed by atoms with Crippen LogP contribution in [0, 0.1) is 5.82 Å². The first-order valence-electron chi connectivity index (χ1n) is 6.38. The number of amides is 1. The quantitative estimate of drug-likeness (QED) is 0.746. The third kappa shape index (κ3) is 3.93. The minimum atomic E-state index is -4.23. The van der Waals surface area contributed by atoms with Crippen molar-refractivity contribution in [3.63, 3.8) is 0 Å². The molecule has 1 aromatic rings. The van der Waals surface area contributed by atoms with Gasteiger partial charge in [0.05, 0.1) is 6.61 Å². The molecule has 2 rings (SSSR count). The van der Waals surface area contributed by atoms with E-state index in [4.69, 9.17) is 15.4 Å². The number of halogens is 2. The third-order valence-electron chi connectivity index (χ3n) is 3.23. The van der Waals surface area contributed by atoms with Crippen molar-refractivity contribution in [2.75, 3.05) is 20.3 Å². The summed E-state index contributed by atoms with van der Waals surface area (Å²) in [4.78, 5) is 13.4. The van der Waals surface area contributed by atoms with Crippen LogP contribution in [0.15, 0.2) is 23.1 Å². The monoisotopic (exact) mass is 335 g/mol. The van der Waals surface area contributed by atoms with E-state index in [9.17, 15) is 17.6 Å². The van der Waals surface area contributed by atoms with Gasteiger partial charge in [0.1, 0.15) is 10.7 Å². The Morgan fingerprint density at radius 1 is 1.48 bits per heavy atom. The van der Waals surface area contributed by atoms with E-state index in [1.807, 2.05) is 0 Å². The molecule has 1 aliphatic rings. The van der Waals surface area contributed by atoms with E-state index >= 15 is 0 Å². The van der Waals surface area contributed by atoms with Gasteiger partial charge in [0.15, 0.2) is 0 Å². The van der Waals surface area contributed by atoms with E-state index in [0.717, 1.165) is 25.0 Å². The van der Waals surface area contributed by atoms with Gasteiger partial charge in [-0.3, -0.25) is 4.79 Å². The number of rotatable bonds is 6. The standard InChI is InChI=1S/C13H15ClFNO4S/c1-20-7-6-16(10-3-4-10)13(17)9-2-5-11(15)12(8-9)21(14,18)19/h2,5,8,10H,3-4,6-7H2,1H3. The normalized spacial score (nSPS) is 15.0. The van der Waals surface area contributed by atoms with Crippen molar-refractivity contribution in [2.24, 2.45) is 0 Å². The molecule has 5 nitrogen and oxygen atoms in total. The molecule has 0 spiro atoms. The fourth-order valence-corrected chi connectivity index (χ4v) is 2.94. The van der Waals surface area contributed by atoms with Gasteiger partial charge in [-0.15, -0.1) is 0 Å². The van der Waals surface area contributed by atoms with Crippen molar-refractivity contribution in [2.45, 2.75) is 23.8 Å². The van der Waals surface area contributed by atoms with Gasteiger partial charge in [0, 0.05) is 35.9 Å². The first-order valence-corrected chi connectivity index (χ1v) is 8.69. The van der Waals surface area contributed by atoms with Crippen LogP contribution >= 0.6 is 10.7 Å². The van der Waals surface area contributed by atoms with Crippen molar-refractivity contribution in [3.8, 4) is 0 Å². The van der Waals surface area contributed by atoms with Gasteiger partial charge in [-0.1, -0.05) is 0 Å². The number of benzene rings is 1. The van der Waals surface area contributed by atoms with Crippen molar-refractivity contribution in [1.82, 2.24) is 4.90 Å². The van der Waals surface area contributed by atoms with E-state index in [1.54, 1.807) is 4.90 Å². The molecule has 21 heavy (non-hydrogen) atoms. The molecule has 0 N–H and O–H groups in total. The molecule has 1 aliphatic carbocycles. The Bertz CT molecular complexity index is 646. The van der Waals surface area contributed by atoms with E-state index in [2.05, 4.69) is 0 Å². The minimum absolute atomic E-state index is 0.0960. The summed E-state index contributed by atoms with van der Waals surface area (Å²) in [6.45, 7) is 0.782. The molecule has 1 aromatic carbocycles. The highest BCUT2D eigenvalue weighted by Gasteiger charge is 2.33. The maximum Gasteiger partial charge on any atom is 0.264 e. The molecule has 116 valence electrons. The number of methoxy groups -OCH3 is 1. The van der Waals surface area contributed by atoms with Crippen molar-refractivity contribution >= 4 is 25.6 Å². The lowest BCUT2D eigenvalue weighted by molar-refractivity contribution is 0.0680. The smallest absolute Gasteiger partial charge is 0.264 e. The van der Waals surface area contributed by atoms with Gasteiger partial charge < -0.3 is 9.64 Å². The van der Waals surface area contributed by atoms with Gasteiger partial charge in [0.2, 0.25) is 0 Å². The first-order chi connectivity index (χ1) is 9.84. The predicted molar refractivity (Wildman–Crippen MR) is 75.4 cm³/mol. The second kappa shape index (κ2) is 6.29. The minimum Gasteiger partial charge on any atom is -0.383 e. The van der Waals surface area contributed by atoms with Gasteiger partial charge in [0.25, 0.3) is 15.0 Å². The summed E-state index contributed by atoms with van der Waals surface area (Å²) in [5.41, 5.74) is 0.0960. The van der Waals surface area contributed by atoms with Crippen LogP contribution in [0.2, 0.25) is 0 Å². The summed E-state index contributed by atoms with van der Waals surface area (Å²) in [7, 11) is 2.46. The van der Waals surface area contributed by atoms with Gasteiger partial charge in [-0.05, 0) is 31.0 Å². The average molecular weight is 336 g/mol. The van der Waals surface area contributed by atoms with E-state index in [1.165, 1.54) is 13.2 Å². The number of carbonyl (C=O) groups excluding carboxylic acids is 1. The molecule has 0 atom stereocenters. The second-order valence-corrected chi connectivity index (χ2v) is 7.34. The summed E-state index contributed by atoms with van der Waals surface area (Å²) in [5.74, 6) is -1.33. The van der Waals surface area contributed by atoms with Crippen LogP contribution in [-0.4, -0.2) is 45.5 Å². The Kier molecular flexibility index (Phi) is 4.85. The van der Waals surface area contributed by atoms with Crippen LogP contribution in [0.25, 0.3) is 0 Å². The topological polar surface area (TPSA) is 63.7 Å². The molecular formula is C13H15ClFNO4S. The SMILES string of the molecule is COCCN(C(=O)c1ccc(F)c(S(=O)(=O)Cl)c1)C1CC1. The maximum absolute atomic E-state index is 13.5. The largest absolute Gasteiger partial charge is 0.383 e. The molecule has 0 radical (unpaired) electrons. The molecule has 0 bridgehead atoms. The second-order valence-electron chi connectivity index (χ2n) is 4.81. The molecule has 0 saturated heterocycles. The highest BCUT2D eigenvalue weighted by atomic mass is 35.7. The summed E-state index contributed by atoms with van der Waals surface area (Å²) >= 11 is 0. The molecule has 1 saturated carbocycles. The lowest BCUT2D eigenvalue weighted by Crippen LogP contribution is -2.35. The summed E-state index contributed by atoms with van der Waals surface area (Å²) in [6.07, 6.45) is 1.80. The van der Waals surface area contributed by atoms with Crippen LogP contribution in [0.3, 0.4) is 0 Å². The lowest BCUT2D eigenvalue weighted by Gasteiger charge is -2.22. The van der Waals surface area contributed by atoms with Crippen LogP contribution < -0.4 is 0 Å². The van der Waals surface area contributed by atoms with Crippen molar-refractivity contribution < 1.29 is 22.3 Å². The summed E-state index contributed by atoms with van der Waals surface area (Å²) in [5, 5.41) is 0. The number of hydrogen-bond acceptors (Lipinski definition) is 4. The molecule has 0 unspecified atom stereocenters. The van der Waals surface area contributed by atoms with Gasteiger partial charge in [-0.25, -0.2) is 12.8 Å². The number of carbonyl (C=O) groups is 1. The highest BCUT2D eigenvalue weighted by Crippen LogP contribution is 2.29. The zero-order chi connectivity index (χ0) is 15.6. The Labute approximate surface area is 127 Å². The molecule has 0 aromatic heterocycles. The Balaban J connectivity index is 2.29. The summed E-state index contributed by atoms with van der Waals surface area (Å²) < 4.78 is 41.1. The zero-order valence-electron chi connectivity index (χ0n) is 11.4. The zero-order valence-corrected chi connectivity index (χ0v) is 13.0. The number of nitrogens with zero attached hydrogens (tertiary/aromatic N) is 1. The Morgan fingerprint density at radius 2 is 2.14 bits per heavy atom. The van der Waals surface area contributed by atoms with Gasteiger partial charge >= 0.3 is 0 Å². The van der Waals surface area contributed by atoms with Crippen molar-refractivity contribution in [1.29, 1.82) is 0 Å².